The van der Waals surface area contributed by atoms with Crippen LogP contribution in [0.4, 0.5) is 5.82 Å². The van der Waals surface area contributed by atoms with E-state index in [4.69, 9.17) is 0 Å². The van der Waals surface area contributed by atoms with Gasteiger partial charge in [0.15, 0.2) is 0 Å². The van der Waals surface area contributed by atoms with Crippen molar-refractivity contribution in [1.82, 2.24) is 15.3 Å². The Labute approximate surface area is 93.4 Å². The second kappa shape index (κ2) is 4.89. The Bertz CT molecular complexity index is 377. The summed E-state index contributed by atoms with van der Waals surface area (Å²) >= 11 is 0. The van der Waals surface area contributed by atoms with E-state index in [9.17, 15) is 4.79 Å². The molecule has 0 aromatic carbocycles. The molecule has 0 aliphatic carbocycles. The van der Waals surface area contributed by atoms with Gasteiger partial charge in [-0.15, -0.1) is 0 Å². The van der Waals surface area contributed by atoms with Gasteiger partial charge in [-0.1, -0.05) is 0 Å². The van der Waals surface area contributed by atoms with Crippen LogP contribution >= 0.6 is 0 Å². The molecule has 1 aromatic heterocycles. The van der Waals surface area contributed by atoms with Crippen molar-refractivity contribution < 1.29 is 9.53 Å². The number of carbonyl (C=O) groups excluding carboxylic acids is 1. The summed E-state index contributed by atoms with van der Waals surface area (Å²) < 4.78 is 4.56. The highest BCUT2D eigenvalue weighted by Crippen LogP contribution is 2.08. The van der Waals surface area contributed by atoms with Gasteiger partial charge in [0.1, 0.15) is 5.82 Å². The van der Waals surface area contributed by atoms with Crippen LogP contribution in [0.2, 0.25) is 0 Å². The highest BCUT2D eigenvalue weighted by atomic mass is 16.5. The predicted octanol–water partition coefficient (Wildman–Crippen LogP) is 0.0370. The molecule has 0 amide bonds. The first-order valence-electron chi connectivity index (χ1n) is 5.18. The fourth-order valence-corrected chi connectivity index (χ4v) is 1.62. The molecule has 1 fully saturated rings. The van der Waals surface area contributed by atoms with Crippen molar-refractivity contribution in [2.24, 2.45) is 0 Å². The first-order valence-corrected chi connectivity index (χ1v) is 5.18. The number of anilines is 1. The zero-order valence-corrected chi connectivity index (χ0v) is 9.06. The topological polar surface area (TPSA) is 76.1 Å². The maximum absolute atomic E-state index is 11.2. The molecule has 0 saturated carbocycles. The molecule has 2 heterocycles. The van der Waals surface area contributed by atoms with E-state index < -0.39 is 5.97 Å². The number of carbonyl (C=O) groups is 1. The number of nitrogens with one attached hydrogen (secondary N) is 2. The quantitative estimate of drug-likeness (QED) is 0.703. The zero-order valence-electron chi connectivity index (χ0n) is 9.06. The first kappa shape index (κ1) is 10.8. The lowest BCUT2D eigenvalue weighted by Crippen LogP contribution is -2.23. The molecule has 16 heavy (non-hydrogen) atoms. The Morgan fingerprint density at radius 2 is 2.56 bits per heavy atom. The maximum Gasteiger partial charge on any atom is 0.376 e. The third-order valence-corrected chi connectivity index (χ3v) is 2.44. The Hall–Kier alpha value is -1.69. The van der Waals surface area contributed by atoms with Crippen molar-refractivity contribution in [1.29, 1.82) is 0 Å². The summed E-state index contributed by atoms with van der Waals surface area (Å²) in [6.07, 6.45) is 2.60. The average Bonchev–Trinajstić information content (AvgIpc) is 2.81. The van der Waals surface area contributed by atoms with Gasteiger partial charge in [0.2, 0.25) is 5.82 Å². The Morgan fingerprint density at radius 3 is 3.25 bits per heavy atom. The highest BCUT2D eigenvalue weighted by molar-refractivity contribution is 5.85. The molecular weight excluding hydrogens is 208 g/mol. The number of esters is 1. The summed E-state index contributed by atoms with van der Waals surface area (Å²) in [5, 5.41) is 6.48. The predicted molar refractivity (Wildman–Crippen MR) is 58.3 cm³/mol. The van der Waals surface area contributed by atoms with E-state index in [1.165, 1.54) is 7.11 Å². The smallest absolute Gasteiger partial charge is 0.376 e. The third-order valence-electron chi connectivity index (χ3n) is 2.44. The molecule has 2 rings (SSSR count). The van der Waals surface area contributed by atoms with E-state index in [1.54, 1.807) is 12.3 Å². The van der Waals surface area contributed by atoms with Crippen molar-refractivity contribution in [2.75, 3.05) is 25.5 Å². The number of aromatic nitrogens is 2. The van der Waals surface area contributed by atoms with Gasteiger partial charge in [-0.05, 0) is 19.0 Å². The molecule has 86 valence electrons. The molecule has 1 unspecified atom stereocenters. The van der Waals surface area contributed by atoms with Crippen molar-refractivity contribution in [3.8, 4) is 0 Å². The molecule has 1 aliphatic rings. The van der Waals surface area contributed by atoms with Crippen LogP contribution in [0, 0.1) is 0 Å². The number of nitrogens with zero attached hydrogens (tertiary/aromatic N) is 2. The Morgan fingerprint density at radius 1 is 1.69 bits per heavy atom. The summed E-state index contributed by atoms with van der Waals surface area (Å²) in [4.78, 5) is 19.1. The van der Waals surface area contributed by atoms with Gasteiger partial charge < -0.3 is 15.4 Å². The second-order valence-corrected chi connectivity index (χ2v) is 3.59. The summed E-state index contributed by atoms with van der Waals surface area (Å²) in [5.41, 5.74) is 0. The van der Waals surface area contributed by atoms with Gasteiger partial charge in [0.25, 0.3) is 0 Å². The van der Waals surface area contributed by atoms with Crippen LogP contribution < -0.4 is 10.6 Å². The van der Waals surface area contributed by atoms with Crippen LogP contribution in [0.25, 0.3) is 0 Å². The van der Waals surface area contributed by atoms with E-state index in [2.05, 4.69) is 25.3 Å². The fourth-order valence-electron chi connectivity index (χ4n) is 1.62. The number of rotatable bonds is 3. The minimum atomic E-state index is -0.520. The van der Waals surface area contributed by atoms with E-state index in [-0.39, 0.29) is 5.82 Å². The third kappa shape index (κ3) is 2.46. The zero-order chi connectivity index (χ0) is 11.4. The molecule has 0 radical (unpaired) electrons. The highest BCUT2D eigenvalue weighted by Gasteiger charge is 2.15. The molecule has 6 nitrogen and oxygen atoms in total. The summed E-state index contributed by atoms with van der Waals surface area (Å²) in [6, 6.07) is 2.10. The van der Waals surface area contributed by atoms with E-state index in [0.29, 0.717) is 11.9 Å². The summed E-state index contributed by atoms with van der Waals surface area (Å²) in [7, 11) is 1.31. The van der Waals surface area contributed by atoms with Gasteiger partial charge >= 0.3 is 5.97 Å². The number of ether oxygens (including phenoxy) is 1. The molecule has 6 heteroatoms. The average molecular weight is 222 g/mol. The largest absolute Gasteiger partial charge is 0.463 e. The van der Waals surface area contributed by atoms with Crippen LogP contribution in [-0.4, -0.2) is 42.2 Å². The fraction of sp³-hybridized carbons (Fsp3) is 0.500. The van der Waals surface area contributed by atoms with Crippen molar-refractivity contribution in [3.05, 3.63) is 18.1 Å². The molecule has 1 saturated heterocycles. The van der Waals surface area contributed by atoms with Crippen LogP contribution in [0.5, 0.6) is 0 Å². The molecular formula is C10H14N4O2. The Balaban J connectivity index is 2.06. The van der Waals surface area contributed by atoms with E-state index in [0.717, 1.165) is 19.5 Å². The number of hydrogen-bond acceptors (Lipinski definition) is 6. The number of methoxy groups -OCH3 is 1. The lowest BCUT2D eigenvalue weighted by Gasteiger charge is -2.11. The summed E-state index contributed by atoms with van der Waals surface area (Å²) in [6.45, 7) is 1.92. The minimum absolute atomic E-state index is 0.0819. The molecule has 0 spiro atoms. The van der Waals surface area contributed by atoms with E-state index in [1.807, 2.05) is 0 Å². The minimum Gasteiger partial charge on any atom is -0.463 e. The van der Waals surface area contributed by atoms with Gasteiger partial charge in [-0.3, -0.25) is 0 Å². The van der Waals surface area contributed by atoms with Crippen molar-refractivity contribution in [3.63, 3.8) is 0 Å². The van der Waals surface area contributed by atoms with E-state index >= 15 is 0 Å². The lowest BCUT2D eigenvalue weighted by molar-refractivity contribution is 0.0587. The number of hydrogen-bond donors (Lipinski definition) is 2. The summed E-state index contributed by atoms with van der Waals surface area (Å²) in [5.74, 6) is 0.218. The maximum atomic E-state index is 11.2. The van der Waals surface area contributed by atoms with Gasteiger partial charge in [-0.25, -0.2) is 14.8 Å². The molecule has 1 aromatic rings. The van der Waals surface area contributed by atoms with Crippen molar-refractivity contribution in [2.45, 2.75) is 12.5 Å². The molecule has 0 bridgehead atoms. The lowest BCUT2D eigenvalue weighted by atomic mass is 10.2. The second-order valence-electron chi connectivity index (χ2n) is 3.59. The van der Waals surface area contributed by atoms with Crippen LogP contribution in [-0.2, 0) is 4.74 Å². The molecule has 1 aliphatic heterocycles. The molecule has 2 N–H and O–H groups in total. The van der Waals surface area contributed by atoms with Gasteiger partial charge in [0, 0.05) is 18.8 Å². The monoisotopic (exact) mass is 222 g/mol. The standard InChI is InChI=1S/C10H14N4O2/c1-16-10(15)9-12-5-3-8(14-9)13-7-2-4-11-6-7/h3,5,7,11H,2,4,6H2,1H3,(H,12,13,14). The van der Waals surface area contributed by atoms with Crippen molar-refractivity contribution >= 4 is 11.8 Å². The van der Waals surface area contributed by atoms with Gasteiger partial charge in [0.05, 0.1) is 7.11 Å². The normalized spacial score (nSPS) is 19.4. The van der Waals surface area contributed by atoms with Crippen LogP contribution in [0.15, 0.2) is 12.3 Å². The van der Waals surface area contributed by atoms with Crippen LogP contribution in [0.3, 0.4) is 0 Å². The first-order chi connectivity index (χ1) is 7.79. The molecule has 1 atom stereocenters. The Kier molecular flexibility index (Phi) is 3.31. The van der Waals surface area contributed by atoms with Gasteiger partial charge in [-0.2, -0.15) is 0 Å². The SMILES string of the molecule is COC(=O)c1nccc(NC2CCNC2)n1. The van der Waals surface area contributed by atoms with Crippen LogP contribution in [0.1, 0.15) is 17.0 Å².